The highest BCUT2D eigenvalue weighted by Gasteiger charge is 2.16. The van der Waals surface area contributed by atoms with Crippen molar-refractivity contribution in [1.82, 2.24) is 19.6 Å². The molecule has 6 heteroatoms. The molecule has 1 aromatic carbocycles. The van der Waals surface area contributed by atoms with Gasteiger partial charge < -0.3 is 4.74 Å². The van der Waals surface area contributed by atoms with Gasteiger partial charge in [0.2, 0.25) is 0 Å². The monoisotopic (exact) mass is 302 g/mol. The highest BCUT2D eigenvalue weighted by Crippen LogP contribution is 2.28. The van der Waals surface area contributed by atoms with Crippen LogP contribution >= 0.6 is 11.6 Å². The van der Waals surface area contributed by atoms with Gasteiger partial charge in [0.25, 0.3) is 0 Å². The molecule has 0 aliphatic heterocycles. The van der Waals surface area contributed by atoms with Gasteiger partial charge in [-0.25, -0.2) is 4.98 Å². The molecule has 0 spiro atoms. The number of hydrogen-bond donors (Lipinski definition) is 0. The van der Waals surface area contributed by atoms with Crippen LogP contribution in [0.2, 0.25) is 5.15 Å². The third kappa shape index (κ3) is 2.14. The number of ether oxygens (including phenoxy) is 1. The van der Waals surface area contributed by atoms with Crippen molar-refractivity contribution in [1.29, 1.82) is 0 Å². The molecule has 0 bridgehead atoms. The van der Waals surface area contributed by atoms with Gasteiger partial charge in [-0.15, -0.1) is 10.2 Å². The van der Waals surface area contributed by atoms with Crippen molar-refractivity contribution in [2.75, 3.05) is 7.11 Å². The Morgan fingerprint density at radius 3 is 2.62 bits per heavy atom. The molecule has 3 aromatic rings. The molecule has 0 aliphatic carbocycles. The lowest BCUT2D eigenvalue weighted by Crippen LogP contribution is -2.01. The normalized spacial score (nSPS) is 11.1. The maximum absolute atomic E-state index is 6.16. The van der Waals surface area contributed by atoms with Crippen LogP contribution in [0.15, 0.2) is 18.2 Å². The molecule has 0 aliphatic rings. The highest BCUT2D eigenvalue weighted by molar-refractivity contribution is 6.32. The second-order valence-electron chi connectivity index (χ2n) is 4.94. The van der Waals surface area contributed by atoms with Gasteiger partial charge in [-0.05, 0) is 32.4 Å². The number of methoxy groups -OCH3 is 1. The lowest BCUT2D eigenvalue weighted by molar-refractivity contribution is 0.412. The van der Waals surface area contributed by atoms with Gasteiger partial charge in [0.05, 0.1) is 12.8 Å². The lowest BCUT2D eigenvalue weighted by atomic mass is 10.1. The first-order valence-corrected chi connectivity index (χ1v) is 6.93. The van der Waals surface area contributed by atoms with E-state index in [-0.39, 0.29) is 0 Å². The van der Waals surface area contributed by atoms with E-state index in [9.17, 15) is 0 Å². The molecule has 0 saturated carbocycles. The van der Waals surface area contributed by atoms with Crippen LogP contribution in [0.1, 0.15) is 17.0 Å². The fraction of sp³-hybridized carbons (Fsp3) is 0.267. The van der Waals surface area contributed by atoms with E-state index in [1.807, 2.05) is 43.4 Å². The second kappa shape index (κ2) is 5.00. The third-order valence-electron chi connectivity index (χ3n) is 3.64. The summed E-state index contributed by atoms with van der Waals surface area (Å²) < 4.78 is 7.30. The maximum Gasteiger partial charge on any atom is 0.199 e. The predicted octanol–water partition coefficient (Wildman–Crippen LogP) is 3.38. The molecule has 0 amide bonds. The molecular formula is C15H15ClN4O. The fourth-order valence-corrected chi connectivity index (χ4v) is 2.57. The third-order valence-corrected chi connectivity index (χ3v) is 3.89. The number of aryl methyl sites for hydroxylation is 3. The first kappa shape index (κ1) is 13.8. The van der Waals surface area contributed by atoms with Gasteiger partial charge in [0.15, 0.2) is 16.6 Å². The van der Waals surface area contributed by atoms with Crippen molar-refractivity contribution >= 4 is 17.2 Å². The average Bonchev–Trinajstić information content (AvgIpc) is 2.91. The predicted molar refractivity (Wildman–Crippen MR) is 82.0 cm³/mol. The maximum atomic E-state index is 6.16. The molecule has 108 valence electrons. The largest absolute Gasteiger partial charge is 0.496 e. The summed E-state index contributed by atoms with van der Waals surface area (Å²) in [6.45, 7) is 5.89. The zero-order valence-electron chi connectivity index (χ0n) is 12.3. The molecule has 3 rings (SSSR count). The molecular weight excluding hydrogens is 288 g/mol. The Morgan fingerprint density at radius 1 is 1.14 bits per heavy atom. The molecule has 2 heterocycles. The van der Waals surface area contributed by atoms with Gasteiger partial charge >= 0.3 is 0 Å². The Balaban J connectivity index is 2.31. The second-order valence-corrected chi connectivity index (χ2v) is 5.30. The van der Waals surface area contributed by atoms with Crippen LogP contribution in [0.4, 0.5) is 0 Å². The number of hydrogen-bond acceptors (Lipinski definition) is 4. The number of aromatic nitrogens is 4. The van der Waals surface area contributed by atoms with Gasteiger partial charge in [0, 0.05) is 11.3 Å². The van der Waals surface area contributed by atoms with Gasteiger partial charge in [-0.3, -0.25) is 4.40 Å². The van der Waals surface area contributed by atoms with Gasteiger partial charge in [-0.1, -0.05) is 23.7 Å². The summed E-state index contributed by atoms with van der Waals surface area (Å²) in [5, 5.41) is 8.78. The van der Waals surface area contributed by atoms with E-state index < -0.39 is 0 Å². The van der Waals surface area contributed by atoms with Crippen molar-refractivity contribution in [2.45, 2.75) is 20.8 Å². The van der Waals surface area contributed by atoms with E-state index in [0.29, 0.717) is 10.8 Å². The summed E-state index contributed by atoms with van der Waals surface area (Å²) in [7, 11) is 1.66. The van der Waals surface area contributed by atoms with Crippen molar-refractivity contribution in [3.05, 3.63) is 40.3 Å². The molecule has 0 N–H and O–H groups in total. The molecule has 0 atom stereocenters. The molecule has 0 saturated heterocycles. The zero-order chi connectivity index (χ0) is 15.1. The molecule has 0 radical (unpaired) electrons. The van der Waals surface area contributed by atoms with Crippen LogP contribution in [0.5, 0.6) is 5.75 Å². The highest BCUT2D eigenvalue weighted by atomic mass is 35.5. The minimum absolute atomic E-state index is 0.357. The van der Waals surface area contributed by atoms with E-state index in [0.717, 1.165) is 34.1 Å². The molecule has 21 heavy (non-hydrogen) atoms. The summed E-state index contributed by atoms with van der Waals surface area (Å²) in [5.74, 6) is 1.55. The number of nitrogens with zero attached hydrogens (tertiary/aromatic N) is 4. The number of fused-ring (bicyclic) bond motifs is 1. The summed E-state index contributed by atoms with van der Waals surface area (Å²) >= 11 is 6.16. The van der Waals surface area contributed by atoms with Gasteiger partial charge in [-0.2, -0.15) is 0 Å². The number of rotatable bonds is 2. The van der Waals surface area contributed by atoms with Crippen LogP contribution in [-0.4, -0.2) is 26.7 Å². The average molecular weight is 303 g/mol. The van der Waals surface area contributed by atoms with Crippen molar-refractivity contribution in [3.8, 4) is 17.1 Å². The summed E-state index contributed by atoms with van der Waals surface area (Å²) in [5.41, 5.74) is 4.38. The first-order valence-electron chi connectivity index (χ1n) is 6.55. The van der Waals surface area contributed by atoms with Crippen molar-refractivity contribution in [3.63, 3.8) is 0 Å². The van der Waals surface area contributed by atoms with Crippen molar-refractivity contribution in [2.24, 2.45) is 0 Å². The van der Waals surface area contributed by atoms with E-state index in [2.05, 4.69) is 15.2 Å². The van der Waals surface area contributed by atoms with E-state index >= 15 is 0 Å². The molecule has 0 unspecified atom stereocenters. The zero-order valence-corrected chi connectivity index (χ0v) is 13.1. The van der Waals surface area contributed by atoms with Gasteiger partial charge in [0.1, 0.15) is 5.75 Å². The van der Waals surface area contributed by atoms with E-state index in [4.69, 9.17) is 16.3 Å². The summed E-state index contributed by atoms with van der Waals surface area (Å²) in [4.78, 5) is 4.27. The van der Waals surface area contributed by atoms with Crippen LogP contribution in [0.25, 0.3) is 17.0 Å². The van der Waals surface area contributed by atoms with E-state index in [1.165, 1.54) is 0 Å². The van der Waals surface area contributed by atoms with Crippen LogP contribution in [-0.2, 0) is 0 Å². The first-order chi connectivity index (χ1) is 10.0. The molecule has 0 fully saturated rings. The molecule has 2 aromatic heterocycles. The molecule has 5 nitrogen and oxygen atoms in total. The number of halogens is 1. The van der Waals surface area contributed by atoms with Crippen LogP contribution in [0, 0.1) is 20.8 Å². The van der Waals surface area contributed by atoms with E-state index in [1.54, 1.807) is 7.11 Å². The Labute approximate surface area is 127 Å². The Morgan fingerprint density at radius 2 is 1.90 bits per heavy atom. The van der Waals surface area contributed by atoms with Crippen molar-refractivity contribution < 1.29 is 4.74 Å². The van der Waals surface area contributed by atoms with Crippen LogP contribution < -0.4 is 4.74 Å². The quantitative estimate of drug-likeness (QED) is 0.728. The smallest absolute Gasteiger partial charge is 0.199 e. The van der Waals surface area contributed by atoms with Crippen LogP contribution in [0.3, 0.4) is 0 Å². The Bertz CT molecular complexity index is 841. The fourth-order valence-electron chi connectivity index (χ4n) is 2.32. The lowest BCUT2D eigenvalue weighted by Gasteiger charge is -2.09. The standard InChI is InChI=1S/C15H15ClN4O/c1-8-5-6-11(7-12(8)21-4)14-18-19-15-13(16)17-9(2)10(3)20(14)15/h5-7H,1-4H3. The minimum atomic E-state index is 0.357. The SMILES string of the molecule is COc1cc(-c2nnc3c(Cl)nc(C)c(C)n23)ccc1C. The minimum Gasteiger partial charge on any atom is -0.496 e. The Hall–Kier alpha value is -2.14. The number of benzene rings is 1. The summed E-state index contributed by atoms with van der Waals surface area (Å²) in [6, 6.07) is 5.95. The Kier molecular flexibility index (Phi) is 3.29. The summed E-state index contributed by atoms with van der Waals surface area (Å²) in [6.07, 6.45) is 0. The topological polar surface area (TPSA) is 52.3 Å².